The number of nitrogens with zero attached hydrogens (tertiary/aromatic N) is 1. The molecular formula is C11H17NO. The lowest BCUT2D eigenvalue weighted by Gasteiger charge is -2.39. The molecule has 0 aromatic rings. The normalized spacial score (nSPS) is 19.1. The highest BCUT2D eigenvalue weighted by Gasteiger charge is 2.28. The maximum Gasteiger partial charge on any atom is 0.203 e. The Morgan fingerprint density at radius 2 is 2.00 bits per heavy atom. The van der Waals surface area contributed by atoms with Crippen molar-refractivity contribution >= 4 is 5.78 Å². The number of ketones is 1. The van der Waals surface area contributed by atoms with Gasteiger partial charge in [-0.3, -0.25) is 4.79 Å². The molecule has 0 radical (unpaired) electrons. The van der Waals surface area contributed by atoms with Crippen LogP contribution in [0.2, 0.25) is 0 Å². The summed E-state index contributed by atoms with van der Waals surface area (Å²) in [6.07, 6.45) is 1.96. The molecule has 1 aliphatic rings. The van der Waals surface area contributed by atoms with Crippen LogP contribution in [0.3, 0.4) is 0 Å². The summed E-state index contributed by atoms with van der Waals surface area (Å²) in [4.78, 5) is 13.6. The van der Waals surface area contributed by atoms with E-state index < -0.39 is 0 Å². The highest BCUT2D eigenvalue weighted by atomic mass is 16.1. The van der Waals surface area contributed by atoms with Crippen LogP contribution in [0.1, 0.15) is 27.7 Å². The first kappa shape index (κ1) is 10.0. The van der Waals surface area contributed by atoms with Gasteiger partial charge in [-0.15, -0.1) is 0 Å². The second kappa shape index (κ2) is 3.02. The van der Waals surface area contributed by atoms with Crippen LogP contribution < -0.4 is 0 Å². The predicted octanol–water partition coefficient (Wildman–Crippen LogP) is 2.13. The molecule has 1 rings (SSSR count). The topological polar surface area (TPSA) is 20.3 Å². The lowest BCUT2D eigenvalue weighted by Crippen LogP contribution is -2.44. The summed E-state index contributed by atoms with van der Waals surface area (Å²) < 4.78 is 0. The maximum atomic E-state index is 11.6. The fourth-order valence-electron chi connectivity index (χ4n) is 1.46. The maximum absolute atomic E-state index is 11.6. The summed E-state index contributed by atoms with van der Waals surface area (Å²) in [7, 11) is 0. The largest absolute Gasteiger partial charge is 0.360 e. The van der Waals surface area contributed by atoms with Gasteiger partial charge in [-0.2, -0.15) is 0 Å². The van der Waals surface area contributed by atoms with Gasteiger partial charge in [0, 0.05) is 12.1 Å². The molecule has 0 saturated carbocycles. The fourth-order valence-corrected chi connectivity index (χ4v) is 1.46. The standard InChI is InChI=1S/C11H17NO/c1-8-6-7-12(11(3,4)5)9(2)10(8)13/h6H,2,7H2,1,3-5H3. The first-order valence-electron chi connectivity index (χ1n) is 4.52. The van der Waals surface area contributed by atoms with Crippen molar-refractivity contribution < 1.29 is 4.79 Å². The van der Waals surface area contributed by atoms with Crippen LogP contribution in [0.15, 0.2) is 23.9 Å². The van der Waals surface area contributed by atoms with Crippen molar-refractivity contribution in [3.05, 3.63) is 23.9 Å². The van der Waals surface area contributed by atoms with Crippen LogP contribution in [0.25, 0.3) is 0 Å². The van der Waals surface area contributed by atoms with Crippen molar-refractivity contribution in [1.82, 2.24) is 4.90 Å². The van der Waals surface area contributed by atoms with Crippen LogP contribution >= 0.6 is 0 Å². The van der Waals surface area contributed by atoms with E-state index in [1.807, 2.05) is 17.9 Å². The van der Waals surface area contributed by atoms with E-state index in [1.54, 1.807) is 0 Å². The molecular weight excluding hydrogens is 162 g/mol. The molecule has 72 valence electrons. The monoisotopic (exact) mass is 179 g/mol. The van der Waals surface area contributed by atoms with E-state index in [0.717, 1.165) is 12.1 Å². The van der Waals surface area contributed by atoms with Crippen molar-refractivity contribution in [2.45, 2.75) is 33.2 Å². The Kier molecular flexibility index (Phi) is 2.33. The Morgan fingerprint density at radius 1 is 1.46 bits per heavy atom. The van der Waals surface area contributed by atoms with Crippen LogP contribution in [-0.4, -0.2) is 22.8 Å². The fraction of sp³-hybridized carbons (Fsp3) is 0.545. The summed E-state index contributed by atoms with van der Waals surface area (Å²) in [5.74, 6) is 0.0705. The molecule has 0 aromatic carbocycles. The zero-order chi connectivity index (χ0) is 10.2. The lowest BCUT2D eigenvalue weighted by atomic mass is 9.98. The highest BCUT2D eigenvalue weighted by Crippen LogP contribution is 2.24. The van der Waals surface area contributed by atoms with Crippen molar-refractivity contribution in [2.24, 2.45) is 0 Å². The van der Waals surface area contributed by atoms with Gasteiger partial charge in [0.15, 0.2) is 0 Å². The van der Waals surface area contributed by atoms with E-state index in [9.17, 15) is 4.79 Å². The average molecular weight is 179 g/mol. The van der Waals surface area contributed by atoms with Crippen LogP contribution in [0, 0.1) is 0 Å². The second-order valence-corrected chi connectivity index (χ2v) is 4.44. The average Bonchev–Trinajstić information content (AvgIpc) is 1.98. The Bertz CT molecular complexity index is 281. The van der Waals surface area contributed by atoms with E-state index in [4.69, 9.17) is 0 Å². The number of carbonyl (C=O) groups excluding carboxylic acids is 1. The summed E-state index contributed by atoms with van der Waals surface area (Å²) in [6, 6.07) is 0. The van der Waals surface area contributed by atoms with E-state index in [1.165, 1.54) is 0 Å². The molecule has 1 heterocycles. The molecule has 2 heteroatoms. The Labute approximate surface area is 79.9 Å². The Morgan fingerprint density at radius 3 is 2.46 bits per heavy atom. The third kappa shape index (κ3) is 1.82. The van der Waals surface area contributed by atoms with E-state index >= 15 is 0 Å². The smallest absolute Gasteiger partial charge is 0.203 e. The molecule has 0 unspecified atom stereocenters. The van der Waals surface area contributed by atoms with Crippen molar-refractivity contribution in [2.75, 3.05) is 6.54 Å². The zero-order valence-electron chi connectivity index (χ0n) is 8.85. The van der Waals surface area contributed by atoms with Gasteiger partial charge in [0.25, 0.3) is 0 Å². The minimum atomic E-state index is -0.0239. The molecule has 0 amide bonds. The molecule has 0 aromatic heterocycles. The third-order valence-electron chi connectivity index (χ3n) is 2.34. The number of allylic oxidation sites excluding steroid dienone is 1. The lowest BCUT2D eigenvalue weighted by molar-refractivity contribution is -0.114. The first-order chi connectivity index (χ1) is 5.84. The molecule has 0 spiro atoms. The zero-order valence-corrected chi connectivity index (χ0v) is 8.85. The summed E-state index contributed by atoms with van der Waals surface area (Å²) in [5.41, 5.74) is 1.40. The van der Waals surface area contributed by atoms with Gasteiger partial charge in [-0.1, -0.05) is 12.7 Å². The summed E-state index contributed by atoms with van der Waals surface area (Å²) >= 11 is 0. The van der Waals surface area contributed by atoms with Crippen LogP contribution in [-0.2, 0) is 4.79 Å². The van der Waals surface area contributed by atoms with Crippen LogP contribution in [0.5, 0.6) is 0 Å². The van der Waals surface area contributed by atoms with Gasteiger partial charge in [0.1, 0.15) is 0 Å². The first-order valence-corrected chi connectivity index (χ1v) is 4.52. The predicted molar refractivity (Wildman–Crippen MR) is 54.4 cm³/mol. The number of hydrogen-bond donors (Lipinski definition) is 0. The quantitative estimate of drug-likeness (QED) is 0.531. The molecule has 0 N–H and O–H groups in total. The van der Waals surface area contributed by atoms with E-state index in [0.29, 0.717) is 5.70 Å². The molecule has 0 fully saturated rings. The minimum Gasteiger partial charge on any atom is -0.360 e. The number of carbonyl (C=O) groups is 1. The number of hydrogen-bond acceptors (Lipinski definition) is 2. The molecule has 2 nitrogen and oxygen atoms in total. The van der Waals surface area contributed by atoms with Gasteiger partial charge in [0.2, 0.25) is 5.78 Å². The van der Waals surface area contributed by atoms with E-state index in [-0.39, 0.29) is 11.3 Å². The molecule has 0 aliphatic carbocycles. The van der Waals surface area contributed by atoms with Gasteiger partial charge in [-0.25, -0.2) is 0 Å². The molecule has 13 heavy (non-hydrogen) atoms. The molecule has 0 bridgehead atoms. The highest BCUT2D eigenvalue weighted by molar-refractivity contribution is 6.07. The summed E-state index contributed by atoms with van der Waals surface area (Å²) in [6.45, 7) is 12.7. The Hall–Kier alpha value is -1.05. The van der Waals surface area contributed by atoms with Gasteiger partial charge in [0.05, 0.1) is 5.70 Å². The van der Waals surface area contributed by atoms with Crippen LogP contribution in [0.4, 0.5) is 0 Å². The summed E-state index contributed by atoms with van der Waals surface area (Å²) in [5, 5.41) is 0. The van der Waals surface area contributed by atoms with Crippen molar-refractivity contribution in [3.8, 4) is 0 Å². The minimum absolute atomic E-state index is 0.0239. The van der Waals surface area contributed by atoms with E-state index in [2.05, 4.69) is 27.4 Å². The molecule has 1 aliphatic heterocycles. The third-order valence-corrected chi connectivity index (χ3v) is 2.34. The van der Waals surface area contributed by atoms with Crippen molar-refractivity contribution in [1.29, 1.82) is 0 Å². The second-order valence-electron chi connectivity index (χ2n) is 4.44. The SMILES string of the molecule is C=C1C(=O)C(C)=CCN1C(C)(C)C. The number of Topliss-reactive ketones (excluding diaryl/α,β-unsaturated/α-hetero) is 1. The number of rotatable bonds is 0. The van der Waals surface area contributed by atoms with Crippen molar-refractivity contribution in [3.63, 3.8) is 0 Å². The van der Waals surface area contributed by atoms with Gasteiger partial charge < -0.3 is 4.90 Å². The van der Waals surface area contributed by atoms with Gasteiger partial charge in [-0.05, 0) is 33.3 Å². The van der Waals surface area contributed by atoms with Gasteiger partial charge >= 0.3 is 0 Å². The molecule has 0 saturated heterocycles. The molecule has 0 atom stereocenters. The Balaban J connectivity index is 2.97.